The lowest BCUT2D eigenvalue weighted by molar-refractivity contribution is -0.314. The van der Waals surface area contributed by atoms with Crippen molar-refractivity contribution in [2.24, 2.45) is 0 Å². The highest BCUT2D eigenvalue weighted by atomic mass is 32.2. The first-order chi connectivity index (χ1) is 7.71. The highest BCUT2D eigenvalue weighted by Crippen LogP contribution is 2.53. The molecule has 0 N–H and O–H groups in total. The van der Waals surface area contributed by atoms with Crippen LogP contribution in [0, 0.1) is 0 Å². The Balaban J connectivity index is 3.56. The molecule has 1 saturated heterocycles. The van der Waals surface area contributed by atoms with Crippen LogP contribution in [0.5, 0.6) is 0 Å². The summed E-state index contributed by atoms with van der Waals surface area (Å²) in [6.07, 6.45) is -14.2. The summed E-state index contributed by atoms with van der Waals surface area (Å²) in [6, 6.07) is 0. The van der Waals surface area contributed by atoms with Crippen LogP contribution in [0.1, 0.15) is 6.42 Å². The number of halogens is 8. The molecule has 1 rings (SSSR count). The van der Waals surface area contributed by atoms with E-state index >= 15 is 0 Å². The van der Waals surface area contributed by atoms with E-state index in [-0.39, 0.29) is 0 Å². The minimum atomic E-state index is -7.20. The fraction of sp³-hybridized carbons (Fsp3) is 1.00. The van der Waals surface area contributed by atoms with Crippen molar-refractivity contribution in [3.05, 3.63) is 0 Å². The molecule has 0 aromatic rings. The Morgan fingerprint density at radius 3 is 1.83 bits per heavy atom. The summed E-state index contributed by atoms with van der Waals surface area (Å²) in [4.78, 5) is 0. The van der Waals surface area contributed by atoms with Crippen molar-refractivity contribution in [2.45, 2.75) is 29.0 Å². The zero-order valence-electron chi connectivity index (χ0n) is 8.07. The lowest BCUT2D eigenvalue weighted by atomic mass is 10.3. The van der Waals surface area contributed by atoms with Crippen molar-refractivity contribution in [2.75, 3.05) is 6.61 Å². The van der Waals surface area contributed by atoms with Gasteiger partial charge in [-0.15, -0.1) is 0 Å². The van der Waals surface area contributed by atoms with Crippen LogP contribution in [0.3, 0.4) is 0 Å². The summed E-state index contributed by atoms with van der Waals surface area (Å²) in [5.41, 5.74) is 0. The molecule has 0 aliphatic carbocycles. The molecule has 1 fully saturated rings. The fourth-order valence-corrected chi connectivity index (χ4v) is 2.62. The molecule has 108 valence electrons. The second-order valence-electron chi connectivity index (χ2n) is 3.36. The maximum absolute atomic E-state index is 13.3. The Kier molecular flexibility index (Phi) is 3.15. The highest BCUT2D eigenvalue weighted by molar-refractivity contribution is 7.93. The second-order valence-corrected chi connectivity index (χ2v) is 5.53. The highest BCUT2D eigenvalue weighted by Gasteiger charge is 2.81. The van der Waals surface area contributed by atoms with Crippen LogP contribution in [0.4, 0.5) is 35.1 Å². The van der Waals surface area contributed by atoms with Gasteiger partial charge in [0.05, 0.1) is 6.61 Å². The average molecular weight is 308 g/mol. The van der Waals surface area contributed by atoms with Gasteiger partial charge in [0.2, 0.25) is 0 Å². The van der Waals surface area contributed by atoms with Crippen molar-refractivity contribution in [3.8, 4) is 0 Å². The predicted octanol–water partition coefficient (Wildman–Crippen LogP) is 2.24. The van der Waals surface area contributed by atoms with Gasteiger partial charge in [0.15, 0.2) is 0 Å². The zero-order chi connectivity index (χ0) is 14.6. The minimum Gasteiger partial charge on any atom is -0.315 e. The fourth-order valence-electron chi connectivity index (χ4n) is 1.18. The smallest absolute Gasteiger partial charge is 0.315 e. The first-order valence-electron chi connectivity index (χ1n) is 4.10. The van der Waals surface area contributed by atoms with Gasteiger partial charge in [-0.3, -0.25) is 0 Å². The summed E-state index contributed by atoms with van der Waals surface area (Å²) >= 11 is 0. The van der Waals surface area contributed by atoms with E-state index in [2.05, 4.69) is 4.74 Å². The predicted molar refractivity (Wildman–Crippen MR) is 39.3 cm³/mol. The van der Waals surface area contributed by atoms with Crippen LogP contribution >= 0.6 is 0 Å². The van der Waals surface area contributed by atoms with Crippen LogP contribution in [0.15, 0.2) is 0 Å². The Morgan fingerprint density at radius 1 is 1.00 bits per heavy atom. The van der Waals surface area contributed by atoms with E-state index in [4.69, 9.17) is 0 Å². The van der Waals surface area contributed by atoms with Crippen LogP contribution in [-0.4, -0.2) is 37.6 Å². The zero-order valence-corrected chi connectivity index (χ0v) is 8.89. The average Bonchev–Trinajstić information content (AvgIpc) is 2.17. The van der Waals surface area contributed by atoms with Crippen molar-refractivity contribution in [1.82, 2.24) is 0 Å². The summed E-state index contributed by atoms with van der Waals surface area (Å²) in [7, 11) is -7.20. The third-order valence-electron chi connectivity index (χ3n) is 2.23. The first kappa shape index (κ1) is 15.4. The minimum absolute atomic E-state index is 1.84. The molecular formula is C6H4F8O3S. The molecule has 1 heterocycles. The normalized spacial score (nSPS) is 34.9. The molecule has 0 saturated carbocycles. The second kappa shape index (κ2) is 3.68. The Labute approximate surface area is 94.6 Å². The standard InChI is InChI=1S/C6H4F8O3S/c7-3(4(8,9)10)1-2-17-5(11,12)6(13,14)18(3,15)16/h1-2H2. The molecule has 12 heteroatoms. The monoisotopic (exact) mass is 308 g/mol. The molecule has 1 unspecified atom stereocenters. The van der Waals surface area contributed by atoms with Gasteiger partial charge in [0.25, 0.3) is 9.84 Å². The van der Waals surface area contributed by atoms with Gasteiger partial charge in [-0.2, -0.15) is 30.7 Å². The van der Waals surface area contributed by atoms with Gasteiger partial charge in [0.1, 0.15) is 0 Å². The number of sulfone groups is 1. The molecule has 1 aliphatic heterocycles. The third-order valence-corrected chi connectivity index (χ3v) is 4.43. The van der Waals surface area contributed by atoms with Gasteiger partial charge in [0, 0.05) is 6.42 Å². The van der Waals surface area contributed by atoms with Gasteiger partial charge in [-0.05, 0) is 0 Å². The van der Waals surface area contributed by atoms with Crippen LogP contribution in [-0.2, 0) is 14.6 Å². The Morgan fingerprint density at radius 2 is 1.44 bits per heavy atom. The summed E-state index contributed by atoms with van der Waals surface area (Å²) in [6.45, 7) is -1.84. The molecule has 1 atom stereocenters. The van der Waals surface area contributed by atoms with Gasteiger partial charge in [-0.25, -0.2) is 12.8 Å². The van der Waals surface area contributed by atoms with E-state index in [1.165, 1.54) is 0 Å². The summed E-state index contributed by atoms with van der Waals surface area (Å²) in [5.74, 6) is 0. The van der Waals surface area contributed by atoms with E-state index in [0.717, 1.165) is 0 Å². The SMILES string of the molecule is O=S1(=O)C(F)(F)C(F)(F)OCCC1(F)C(F)(F)F. The van der Waals surface area contributed by atoms with E-state index in [1.807, 2.05) is 0 Å². The molecular weight excluding hydrogens is 304 g/mol. The number of hydrogen-bond donors (Lipinski definition) is 0. The summed E-state index contributed by atoms with van der Waals surface area (Å²) in [5, 5.41) is -11.8. The molecule has 0 aromatic heterocycles. The molecule has 0 bridgehead atoms. The van der Waals surface area contributed by atoms with Gasteiger partial charge >= 0.3 is 22.5 Å². The Bertz CT molecular complexity index is 440. The molecule has 0 radical (unpaired) electrons. The quantitative estimate of drug-likeness (QED) is 0.645. The maximum atomic E-state index is 13.3. The summed E-state index contributed by atoms with van der Waals surface area (Å²) < 4.78 is 126. The number of hydrogen-bond acceptors (Lipinski definition) is 3. The van der Waals surface area contributed by atoms with Crippen molar-refractivity contribution < 1.29 is 48.3 Å². The van der Waals surface area contributed by atoms with E-state index in [0.29, 0.717) is 0 Å². The molecule has 0 spiro atoms. The molecule has 1 aliphatic rings. The van der Waals surface area contributed by atoms with Crippen LogP contribution in [0.25, 0.3) is 0 Å². The maximum Gasteiger partial charge on any atom is 0.437 e. The molecule has 0 aromatic carbocycles. The lowest BCUT2D eigenvalue weighted by Crippen LogP contribution is -2.58. The largest absolute Gasteiger partial charge is 0.437 e. The lowest BCUT2D eigenvalue weighted by Gasteiger charge is -2.29. The van der Waals surface area contributed by atoms with Crippen molar-refractivity contribution in [3.63, 3.8) is 0 Å². The first-order valence-corrected chi connectivity index (χ1v) is 5.58. The topological polar surface area (TPSA) is 43.4 Å². The van der Waals surface area contributed by atoms with Crippen molar-refractivity contribution in [1.29, 1.82) is 0 Å². The number of ether oxygens (including phenoxy) is 1. The van der Waals surface area contributed by atoms with Crippen LogP contribution in [0.2, 0.25) is 0 Å². The third kappa shape index (κ3) is 1.68. The van der Waals surface area contributed by atoms with Crippen LogP contribution < -0.4 is 0 Å². The molecule has 18 heavy (non-hydrogen) atoms. The molecule has 0 amide bonds. The van der Waals surface area contributed by atoms with E-state index < -0.39 is 45.4 Å². The Hall–Kier alpha value is -0.650. The number of alkyl halides is 8. The van der Waals surface area contributed by atoms with E-state index in [9.17, 15) is 43.5 Å². The van der Waals surface area contributed by atoms with E-state index in [1.54, 1.807) is 0 Å². The number of rotatable bonds is 0. The van der Waals surface area contributed by atoms with Crippen molar-refractivity contribution >= 4 is 9.84 Å². The van der Waals surface area contributed by atoms with Gasteiger partial charge < -0.3 is 4.74 Å². The van der Waals surface area contributed by atoms with Gasteiger partial charge in [-0.1, -0.05) is 0 Å². The molecule has 3 nitrogen and oxygen atoms in total.